The lowest BCUT2D eigenvalue weighted by Gasteiger charge is -2.25. The van der Waals surface area contributed by atoms with E-state index in [0.717, 1.165) is 13.2 Å². The average Bonchev–Trinajstić information content (AvgIpc) is 2.26. The van der Waals surface area contributed by atoms with Gasteiger partial charge in [0.1, 0.15) is 5.75 Å². The van der Waals surface area contributed by atoms with Crippen molar-refractivity contribution in [1.29, 1.82) is 0 Å². The Balaban J connectivity index is 1.99. The Morgan fingerprint density at radius 2 is 2.29 bits per heavy atom. The smallest absolute Gasteiger partial charge is 0.339 e. The van der Waals surface area contributed by atoms with Crippen LogP contribution in [0.1, 0.15) is 10.4 Å². The van der Waals surface area contributed by atoms with Gasteiger partial charge in [-0.1, -0.05) is 11.6 Å². The van der Waals surface area contributed by atoms with E-state index in [1.165, 1.54) is 7.11 Å². The van der Waals surface area contributed by atoms with Crippen molar-refractivity contribution in [3.63, 3.8) is 0 Å². The summed E-state index contributed by atoms with van der Waals surface area (Å²) in [6.07, 6.45) is 0. The lowest BCUT2D eigenvalue weighted by molar-refractivity contribution is -0.0508. The first kappa shape index (κ1) is 12.2. The van der Waals surface area contributed by atoms with E-state index >= 15 is 0 Å². The summed E-state index contributed by atoms with van der Waals surface area (Å²) in [6, 6.07) is 4.92. The lowest BCUT2D eigenvalue weighted by atomic mass is 10.1. The van der Waals surface area contributed by atoms with Crippen molar-refractivity contribution < 1.29 is 19.0 Å². The van der Waals surface area contributed by atoms with Crippen molar-refractivity contribution in [2.75, 3.05) is 26.9 Å². The third kappa shape index (κ3) is 2.90. The highest BCUT2D eigenvalue weighted by Crippen LogP contribution is 2.24. The van der Waals surface area contributed by atoms with Gasteiger partial charge in [0, 0.05) is 5.92 Å². The highest BCUT2D eigenvalue weighted by molar-refractivity contribution is 6.33. The third-order valence-electron chi connectivity index (χ3n) is 2.54. The number of halogens is 1. The highest BCUT2D eigenvalue weighted by atomic mass is 35.5. The van der Waals surface area contributed by atoms with Gasteiger partial charge in [0.05, 0.1) is 37.5 Å². The minimum Gasteiger partial charge on any atom is -0.493 e. The van der Waals surface area contributed by atoms with E-state index in [9.17, 15) is 4.79 Å². The Morgan fingerprint density at radius 3 is 2.82 bits per heavy atom. The fraction of sp³-hybridized carbons (Fsp3) is 0.417. The fourth-order valence-electron chi connectivity index (χ4n) is 1.46. The molecule has 0 spiro atoms. The predicted molar refractivity (Wildman–Crippen MR) is 62.6 cm³/mol. The molecular weight excluding hydrogens is 244 g/mol. The zero-order valence-corrected chi connectivity index (χ0v) is 10.2. The number of carbonyl (C=O) groups is 1. The minimum atomic E-state index is -0.450. The zero-order chi connectivity index (χ0) is 12.3. The predicted octanol–water partition coefficient (Wildman–Crippen LogP) is 2.15. The number of hydrogen-bond donors (Lipinski definition) is 0. The number of benzene rings is 1. The van der Waals surface area contributed by atoms with E-state index in [2.05, 4.69) is 4.74 Å². The Hall–Kier alpha value is -1.26. The Kier molecular flexibility index (Phi) is 3.86. The van der Waals surface area contributed by atoms with Crippen LogP contribution in [0.25, 0.3) is 0 Å². The van der Waals surface area contributed by atoms with Gasteiger partial charge in [-0.3, -0.25) is 0 Å². The first-order valence-corrected chi connectivity index (χ1v) is 5.67. The van der Waals surface area contributed by atoms with Crippen molar-refractivity contribution in [3.05, 3.63) is 28.8 Å². The second-order valence-corrected chi connectivity index (χ2v) is 4.25. The number of rotatable bonds is 4. The molecule has 0 bridgehead atoms. The molecule has 0 saturated carbocycles. The van der Waals surface area contributed by atoms with Crippen LogP contribution in [0, 0.1) is 5.92 Å². The lowest BCUT2D eigenvalue weighted by Crippen LogP contribution is -2.32. The summed E-state index contributed by atoms with van der Waals surface area (Å²) in [5, 5.41) is 0.333. The van der Waals surface area contributed by atoms with E-state index in [-0.39, 0.29) is 0 Å². The fourth-order valence-corrected chi connectivity index (χ4v) is 1.70. The molecule has 0 aromatic heterocycles. The summed E-state index contributed by atoms with van der Waals surface area (Å²) >= 11 is 5.96. The topological polar surface area (TPSA) is 44.8 Å². The molecule has 5 heteroatoms. The van der Waals surface area contributed by atoms with Crippen LogP contribution < -0.4 is 4.74 Å². The van der Waals surface area contributed by atoms with Crippen LogP contribution in [0.5, 0.6) is 5.75 Å². The van der Waals surface area contributed by atoms with Crippen LogP contribution in [-0.4, -0.2) is 32.9 Å². The monoisotopic (exact) mass is 256 g/mol. The molecule has 92 valence electrons. The molecular formula is C12H13ClO4. The quantitative estimate of drug-likeness (QED) is 0.775. The number of esters is 1. The summed E-state index contributed by atoms with van der Waals surface area (Å²) in [6.45, 7) is 2.09. The number of carbonyl (C=O) groups excluding carboxylic acids is 1. The van der Waals surface area contributed by atoms with Crippen molar-refractivity contribution >= 4 is 17.6 Å². The van der Waals surface area contributed by atoms with Gasteiger partial charge in [-0.15, -0.1) is 0 Å². The molecule has 1 aromatic carbocycles. The molecule has 1 saturated heterocycles. The van der Waals surface area contributed by atoms with Gasteiger partial charge in [-0.2, -0.15) is 0 Å². The maximum absolute atomic E-state index is 11.3. The van der Waals surface area contributed by atoms with Gasteiger partial charge in [0.25, 0.3) is 0 Å². The summed E-state index contributed by atoms with van der Waals surface area (Å²) in [7, 11) is 1.32. The Labute approximate surface area is 104 Å². The molecule has 1 fully saturated rings. The SMILES string of the molecule is COC(=O)c1ccc(OCC2COC2)cc1Cl. The van der Waals surface area contributed by atoms with Gasteiger partial charge in [0.2, 0.25) is 0 Å². The van der Waals surface area contributed by atoms with E-state index < -0.39 is 5.97 Å². The number of methoxy groups -OCH3 is 1. The van der Waals surface area contributed by atoms with Crippen LogP contribution in [0.3, 0.4) is 0 Å². The Morgan fingerprint density at radius 1 is 1.53 bits per heavy atom. The van der Waals surface area contributed by atoms with Crippen LogP contribution in [0.15, 0.2) is 18.2 Å². The molecule has 17 heavy (non-hydrogen) atoms. The standard InChI is InChI=1S/C12H13ClO4/c1-15-12(14)10-3-2-9(4-11(10)13)17-7-8-5-16-6-8/h2-4,8H,5-7H2,1H3. The van der Waals surface area contributed by atoms with Crippen molar-refractivity contribution in [3.8, 4) is 5.75 Å². The summed E-state index contributed by atoms with van der Waals surface area (Å²) in [5.41, 5.74) is 0.341. The average molecular weight is 257 g/mol. The highest BCUT2D eigenvalue weighted by Gasteiger charge is 2.19. The second kappa shape index (κ2) is 5.38. The molecule has 2 rings (SSSR count). The van der Waals surface area contributed by atoms with Crippen LogP contribution in [0.4, 0.5) is 0 Å². The number of hydrogen-bond acceptors (Lipinski definition) is 4. The van der Waals surface area contributed by atoms with Crippen LogP contribution in [-0.2, 0) is 9.47 Å². The van der Waals surface area contributed by atoms with Crippen LogP contribution in [0.2, 0.25) is 5.02 Å². The van der Waals surface area contributed by atoms with E-state index in [1.807, 2.05) is 0 Å². The molecule has 1 heterocycles. The van der Waals surface area contributed by atoms with Crippen molar-refractivity contribution in [1.82, 2.24) is 0 Å². The van der Waals surface area contributed by atoms with Gasteiger partial charge >= 0.3 is 5.97 Å². The molecule has 0 amide bonds. The molecule has 0 radical (unpaired) electrons. The van der Waals surface area contributed by atoms with E-state index in [1.54, 1.807) is 18.2 Å². The molecule has 0 aliphatic carbocycles. The van der Waals surface area contributed by atoms with E-state index in [4.69, 9.17) is 21.1 Å². The summed E-state index contributed by atoms with van der Waals surface area (Å²) < 4.78 is 15.2. The summed E-state index contributed by atoms with van der Waals surface area (Å²) in [5.74, 6) is 0.651. The molecule has 1 aliphatic heterocycles. The largest absolute Gasteiger partial charge is 0.493 e. The summed E-state index contributed by atoms with van der Waals surface area (Å²) in [4.78, 5) is 11.3. The molecule has 0 unspecified atom stereocenters. The van der Waals surface area contributed by atoms with Gasteiger partial charge in [-0.05, 0) is 18.2 Å². The van der Waals surface area contributed by atoms with Crippen LogP contribution >= 0.6 is 11.6 Å². The molecule has 4 nitrogen and oxygen atoms in total. The molecule has 1 aromatic rings. The van der Waals surface area contributed by atoms with Gasteiger partial charge < -0.3 is 14.2 Å². The maximum Gasteiger partial charge on any atom is 0.339 e. The molecule has 0 N–H and O–H groups in total. The molecule has 1 aliphatic rings. The Bertz CT molecular complexity index is 415. The minimum absolute atomic E-state index is 0.333. The number of ether oxygens (including phenoxy) is 3. The maximum atomic E-state index is 11.3. The first-order chi connectivity index (χ1) is 8.20. The first-order valence-electron chi connectivity index (χ1n) is 5.29. The van der Waals surface area contributed by atoms with Crippen molar-refractivity contribution in [2.45, 2.75) is 0 Å². The van der Waals surface area contributed by atoms with Gasteiger partial charge in [-0.25, -0.2) is 4.79 Å². The normalized spacial score (nSPS) is 15.2. The van der Waals surface area contributed by atoms with Gasteiger partial charge in [0.15, 0.2) is 0 Å². The van der Waals surface area contributed by atoms with Crippen molar-refractivity contribution in [2.24, 2.45) is 5.92 Å². The molecule has 0 atom stereocenters. The zero-order valence-electron chi connectivity index (χ0n) is 9.44. The second-order valence-electron chi connectivity index (χ2n) is 3.85. The van der Waals surface area contributed by atoms with E-state index in [0.29, 0.717) is 28.9 Å². The third-order valence-corrected chi connectivity index (χ3v) is 2.85.